The third-order valence-corrected chi connectivity index (χ3v) is 1.92. The fraction of sp³-hybridized carbons (Fsp3) is 0.444. The second-order valence-electron chi connectivity index (χ2n) is 2.54. The maximum Gasteiger partial charge on any atom is 0.168 e. The average molecular weight is 168 g/mol. The van der Waals surface area contributed by atoms with E-state index in [0.29, 0.717) is 0 Å². The third kappa shape index (κ3) is 3.42. The van der Waals surface area contributed by atoms with Gasteiger partial charge in [0.2, 0.25) is 0 Å². The predicted molar refractivity (Wildman–Crippen MR) is 49.7 cm³/mol. The maximum atomic E-state index is 4.16. The Morgan fingerprint density at radius 3 is 2.36 bits per heavy atom. The molecule has 0 radical (unpaired) electrons. The Morgan fingerprint density at radius 1 is 1.00 bits per heavy atom. The van der Waals surface area contributed by atoms with Crippen LogP contribution >= 0.6 is 12.6 Å². The highest BCUT2D eigenvalue weighted by Crippen LogP contribution is 1.90. The van der Waals surface area contributed by atoms with E-state index >= 15 is 0 Å². The molecule has 2 heteroatoms. The van der Waals surface area contributed by atoms with E-state index < -0.39 is 0 Å². The van der Waals surface area contributed by atoms with Crippen molar-refractivity contribution in [3.63, 3.8) is 0 Å². The number of unbranched alkanes of at least 4 members (excludes halogenated alkanes) is 1. The fourth-order valence-corrected chi connectivity index (χ4v) is 1.21. The van der Waals surface area contributed by atoms with Gasteiger partial charge in [-0.1, -0.05) is 6.07 Å². The van der Waals surface area contributed by atoms with Crippen molar-refractivity contribution in [2.45, 2.75) is 19.4 Å². The van der Waals surface area contributed by atoms with Gasteiger partial charge in [-0.2, -0.15) is 12.6 Å². The van der Waals surface area contributed by atoms with Gasteiger partial charge in [-0.25, -0.2) is 4.57 Å². The van der Waals surface area contributed by atoms with Gasteiger partial charge in [-0.15, -0.1) is 0 Å². The van der Waals surface area contributed by atoms with Gasteiger partial charge in [0, 0.05) is 18.6 Å². The van der Waals surface area contributed by atoms with Crippen molar-refractivity contribution >= 4 is 12.6 Å². The summed E-state index contributed by atoms with van der Waals surface area (Å²) in [4.78, 5) is 0. The Morgan fingerprint density at radius 2 is 1.73 bits per heavy atom. The van der Waals surface area contributed by atoms with E-state index in [9.17, 15) is 0 Å². The van der Waals surface area contributed by atoms with Gasteiger partial charge < -0.3 is 0 Å². The molecule has 0 aliphatic rings. The molecule has 1 aromatic rings. The quantitative estimate of drug-likeness (QED) is 0.396. The number of pyridine rings is 1. The average Bonchev–Trinajstić information content (AvgIpc) is 2.07. The first-order valence-electron chi connectivity index (χ1n) is 3.98. The van der Waals surface area contributed by atoms with E-state index in [-0.39, 0.29) is 0 Å². The Bertz CT molecular complexity index is 186. The van der Waals surface area contributed by atoms with Crippen molar-refractivity contribution in [2.75, 3.05) is 5.75 Å². The van der Waals surface area contributed by atoms with Crippen molar-refractivity contribution in [2.24, 2.45) is 0 Å². The molecule has 1 rings (SSSR count). The molecule has 0 atom stereocenters. The van der Waals surface area contributed by atoms with Crippen LogP contribution in [0, 0.1) is 0 Å². The fourth-order valence-electron chi connectivity index (χ4n) is 0.990. The lowest BCUT2D eigenvalue weighted by Crippen LogP contribution is -2.32. The SMILES string of the molecule is SCCCC[n+]1ccccc1. The molecule has 0 aromatic carbocycles. The number of nitrogens with zero attached hydrogens (tertiary/aromatic N) is 1. The zero-order valence-corrected chi connectivity index (χ0v) is 7.50. The topological polar surface area (TPSA) is 3.88 Å². The van der Waals surface area contributed by atoms with Gasteiger partial charge in [0.15, 0.2) is 12.4 Å². The molecule has 0 saturated heterocycles. The Balaban J connectivity index is 2.28. The van der Waals surface area contributed by atoms with Crippen LogP contribution in [0.4, 0.5) is 0 Å². The zero-order valence-electron chi connectivity index (χ0n) is 6.61. The minimum absolute atomic E-state index is 0.993. The molecule has 0 bridgehead atoms. The van der Waals surface area contributed by atoms with E-state index in [1.165, 1.54) is 12.8 Å². The number of hydrogen-bond donors (Lipinski definition) is 1. The van der Waals surface area contributed by atoms with Crippen LogP contribution in [0.1, 0.15) is 12.8 Å². The van der Waals surface area contributed by atoms with Crippen LogP contribution in [0.25, 0.3) is 0 Å². The first kappa shape index (κ1) is 8.60. The number of rotatable bonds is 4. The molecule has 1 heterocycles. The maximum absolute atomic E-state index is 4.16. The summed E-state index contributed by atoms with van der Waals surface area (Å²) >= 11 is 4.16. The minimum Gasteiger partial charge on any atom is -0.205 e. The first-order chi connectivity index (χ1) is 5.43. The van der Waals surface area contributed by atoms with Crippen LogP contribution in [0.15, 0.2) is 30.6 Å². The van der Waals surface area contributed by atoms with Crippen molar-refractivity contribution in [3.05, 3.63) is 30.6 Å². The highest BCUT2D eigenvalue weighted by molar-refractivity contribution is 7.80. The molecular weight excluding hydrogens is 154 g/mol. The number of aromatic nitrogens is 1. The van der Waals surface area contributed by atoms with Gasteiger partial charge in [0.1, 0.15) is 6.54 Å². The number of thiol groups is 1. The molecule has 1 aromatic heterocycles. The van der Waals surface area contributed by atoms with Gasteiger partial charge in [-0.3, -0.25) is 0 Å². The monoisotopic (exact) mass is 168 g/mol. The molecule has 0 N–H and O–H groups in total. The summed E-state index contributed by atoms with van der Waals surface area (Å²) in [5.74, 6) is 0.993. The molecule has 0 fully saturated rings. The molecule has 1 nitrogen and oxygen atoms in total. The van der Waals surface area contributed by atoms with Crippen LogP contribution in [0.2, 0.25) is 0 Å². The zero-order chi connectivity index (χ0) is 7.94. The van der Waals surface area contributed by atoms with Gasteiger partial charge in [0.05, 0.1) is 0 Å². The van der Waals surface area contributed by atoms with Crippen molar-refractivity contribution in [1.29, 1.82) is 0 Å². The Hall–Kier alpha value is -0.500. The van der Waals surface area contributed by atoms with E-state index in [0.717, 1.165) is 12.3 Å². The van der Waals surface area contributed by atoms with E-state index in [4.69, 9.17) is 0 Å². The predicted octanol–water partition coefficient (Wildman–Crippen LogP) is 1.68. The molecule has 60 valence electrons. The Labute approximate surface area is 73.5 Å². The lowest BCUT2D eigenvalue weighted by molar-refractivity contribution is -0.697. The van der Waals surface area contributed by atoms with Crippen LogP contribution < -0.4 is 4.57 Å². The van der Waals surface area contributed by atoms with Gasteiger partial charge in [-0.05, 0) is 12.2 Å². The largest absolute Gasteiger partial charge is 0.205 e. The molecule has 0 amide bonds. The Kier molecular flexibility index (Phi) is 4.06. The van der Waals surface area contributed by atoms with Crippen molar-refractivity contribution in [1.82, 2.24) is 0 Å². The molecular formula is C9H14NS+. The number of aryl methyl sites for hydroxylation is 1. The summed E-state index contributed by atoms with van der Waals surface area (Å²) < 4.78 is 2.20. The molecule has 11 heavy (non-hydrogen) atoms. The lowest BCUT2D eigenvalue weighted by atomic mass is 10.3. The van der Waals surface area contributed by atoms with Crippen molar-refractivity contribution < 1.29 is 4.57 Å². The minimum atomic E-state index is 0.993. The smallest absolute Gasteiger partial charge is 0.168 e. The number of hydrogen-bond acceptors (Lipinski definition) is 1. The summed E-state index contributed by atoms with van der Waals surface area (Å²) in [6.45, 7) is 1.11. The second kappa shape index (κ2) is 5.19. The summed E-state index contributed by atoms with van der Waals surface area (Å²) in [6.07, 6.45) is 6.61. The lowest BCUT2D eigenvalue weighted by Gasteiger charge is -1.93. The summed E-state index contributed by atoms with van der Waals surface area (Å²) in [6, 6.07) is 6.15. The van der Waals surface area contributed by atoms with Crippen LogP contribution in [0.3, 0.4) is 0 Å². The molecule has 0 aliphatic carbocycles. The van der Waals surface area contributed by atoms with Crippen LogP contribution in [-0.2, 0) is 6.54 Å². The first-order valence-corrected chi connectivity index (χ1v) is 4.61. The van der Waals surface area contributed by atoms with Crippen molar-refractivity contribution in [3.8, 4) is 0 Å². The van der Waals surface area contributed by atoms with Crippen LogP contribution in [0.5, 0.6) is 0 Å². The third-order valence-electron chi connectivity index (χ3n) is 1.60. The molecule has 0 unspecified atom stereocenters. The summed E-state index contributed by atoms with van der Waals surface area (Å²) in [7, 11) is 0. The highest BCUT2D eigenvalue weighted by atomic mass is 32.1. The van der Waals surface area contributed by atoms with Gasteiger partial charge >= 0.3 is 0 Å². The second-order valence-corrected chi connectivity index (χ2v) is 2.99. The molecule has 0 aliphatic heterocycles. The van der Waals surface area contributed by atoms with E-state index in [1.54, 1.807) is 0 Å². The molecule has 0 spiro atoms. The van der Waals surface area contributed by atoms with Crippen LogP contribution in [-0.4, -0.2) is 5.75 Å². The standard InChI is InChI=1S/C9H13NS/c11-9-5-4-8-10-6-2-1-3-7-10/h1-3,6-7H,4-5,8-9H2/p+1. The van der Waals surface area contributed by atoms with E-state index in [1.807, 2.05) is 6.07 Å². The van der Waals surface area contributed by atoms with E-state index in [2.05, 4.69) is 41.7 Å². The highest BCUT2D eigenvalue weighted by Gasteiger charge is 1.95. The molecule has 0 saturated carbocycles. The van der Waals surface area contributed by atoms with Gasteiger partial charge in [0.25, 0.3) is 0 Å². The summed E-state index contributed by atoms with van der Waals surface area (Å²) in [5.41, 5.74) is 0. The summed E-state index contributed by atoms with van der Waals surface area (Å²) in [5, 5.41) is 0. The normalized spacial score (nSPS) is 9.91.